The summed E-state index contributed by atoms with van der Waals surface area (Å²) in [5.41, 5.74) is 3.03. The van der Waals surface area contributed by atoms with Crippen molar-refractivity contribution in [3.8, 4) is 17.0 Å². The third-order valence-electron chi connectivity index (χ3n) is 4.77. The summed E-state index contributed by atoms with van der Waals surface area (Å²) in [4.78, 5) is 4.57. The quantitative estimate of drug-likeness (QED) is 0.400. The van der Waals surface area contributed by atoms with Crippen LogP contribution in [0.25, 0.3) is 22.0 Å². The molecule has 0 radical (unpaired) electrons. The third-order valence-corrected chi connectivity index (χ3v) is 4.77. The van der Waals surface area contributed by atoms with Gasteiger partial charge in [-0.3, -0.25) is 4.98 Å². The molecule has 146 valence electrons. The molecule has 0 aliphatic heterocycles. The molecule has 1 aromatic heterocycles. The van der Waals surface area contributed by atoms with Gasteiger partial charge in [-0.15, -0.1) is 0 Å². The van der Waals surface area contributed by atoms with E-state index in [-0.39, 0.29) is 5.82 Å². The fourth-order valence-corrected chi connectivity index (χ4v) is 3.32. The molecule has 1 N–H and O–H groups in total. The van der Waals surface area contributed by atoms with Crippen LogP contribution in [0.5, 0.6) is 5.75 Å². The van der Waals surface area contributed by atoms with Crippen molar-refractivity contribution in [2.24, 2.45) is 0 Å². The van der Waals surface area contributed by atoms with E-state index >= 15 is 0 Å². The Morgan fingerprint density at radius 1 is 0.897 bits per heavy atom. The first-order valence-corrected chi connectivity index (χ1v) is 9.82. The van der Waals surface area contributed by atoms with Crippen LogP contribution < -0.4 is 10.1 Å². The number of nitrogens with one attached hydrogen (secondary N) is 1. The minimum atomic E-state index is -0.275. The molecular formula is C25H23FN2O. The molecule has 4 aromatic rings. The van der Waals surface area contributed by atoms with E-state index in [0.29, 0.717) is 12.4 Å². The maximum absolute atomic E-state index is 13.6. The number of hydrogen-bond acceptors (Lipinski definition) is 3. The van der Waals surface area contributed by atoms with E-state index in [1.807, 2.05) is 48.5 Å². The number of hydrogen-bond donors (Lipinski definition) is 1. The molecule has 3 aromatic carbocycles. The third kappa shape index (κ3) is 4.79. The van der Waals surface area contributed by atoms with Gasteiger partial charge in [0, 0.05) is 29.1 Å². The zero-order chi connectivity index (χ0) is 19.9. The number of fused-ring (bicyclic) bond motifs is 1. The number of halogens is 1. The second-order valence-electron chi connectivity index (χ2n) is 6.90. The number of rotatable bonds is 8. The zero-order valence-corrected chi connectivity index (χ0v) is 16.1. The number of pyridine rings is 1. The number of ether oxygens (including phenoxy) is 1. The van der Waals surface area contributed by atoms with Crippen molar-refractivity contribution in [1.82, 2.24) is 10.3 Å². The molecule has 4 heteroatoms. The van der Waals surface area contributed by atoms with Crippen LogP contribution in [-0.4, -0.2) is 18.1 Å². The molecule has 0 spiro atoms. The molecule has 0 saturated carbocycles. The highest BCUT2D eigenvalue weighted by Gasteiger charge is 2.13. The van der Waals surface area contributed by atoms with Crippen molar-refractivity contribution in [3.63, 3.8) is 0 Å². The Kier molecular flexibility index (Phi) is 6.13. The highest BCUT2D eigenvalue weighted by atomic mass is 19.1. The van der Waals surface area contributed by atoms with Gasteiger partial charge in [0.25, 0.3) is 0 Å². The molecule has 0 fully saturated rings. The fraction of sp³-hybridized carbons (Fsp3) is 0.160. The van der Waals surface area contributed by atoms with E-state index in [2.05, 4.69) is 22.4 Å². The van der Waals surface area contributed by atoms with Gasteiger partial charge >= 0.3 is 0 Å². The Morgan fingerprint density at radius 3 is 2.45 bits per heavy atom. The van der Waals surface area contributed by atoms with E-state index in [0.717, 1.165) is 41.5 Å². The number of nitrogens with zero attached hydrogens (tertiary/aromatic N) is 1. The van der Waals surface area contributed by atoms with Gasteiger partial charge in [-0.25, -0.2) is 4.39 Å². The summed E-state index contributed by atoms with van der Waals surface area (Å²) < 4.78 is 19.8. The van der Waals surface area contributed by atoms with Gasteiger partial charge in [-0.1, -0.05) is 60.7 Å². The Balaban J connectivity index is 1.46. The van der Waals surface area contributed by atoms with Crippen molar-refractivity contribution in [3.05, 3.63) is 96.4 Å². The maximum atomic E-state index is 13.6. The van der Waals surface area contributed by atoms with Crippen molar-refractivity contribution in [2.45, 2.75) is 13.0 Å². The van der Waals surface area contributed by atoms with Gasteiger partial charge in [-0.05, 0) is 36.7 Å². The molecular weight excluding hydrogens is 363 g/mol. The van der Waals surface area contributed by atoms with E-state index in [4.69, 9.17) is 4.74 Å². The van der Waals surface area contributed by atoms with Crippen LogP contribution in [-0.2, 0) is 6.54 Å². The summed E-state index contributed by atoms with van der Waals surface area (Å²) in [6.07, 6.45) is 2.56. The Morgan fingerprint density at radius 2 is 1.66 bits per heavy atom. The van der Waals surface area contributed by atoms with Crippen LogP contribution in [0.15, 0.2) is 85.1 Å². The molecule has 4 rings (SSSR count). The van der Waals surface area contributed by atoms with Crippen molar-refractivity contribution >= 4 is 10.8 Å². The van der Waals surface area contributed by atoms with Crippen molar-refractivity contribution in [2.75, 3.05) is 13.2 Å². The number of benzene rings is 3. The van der Waals surface area contributed by atoms with E-state index < -0.39 is 0 Å². The summed E-state index contributed by atoms with van der Waals surface area (Å²) >= 11 is 0. The average molecular weight is 386 g/mol. The molecule has 0 atom stereocenters. The first kappa shape index (κ1) is 19.1. The normalized spacial score (nSPS) is 10.9. The predicted octanol–water partition coefficient (Wildman–Crippen LogP) is 5.60. The summed E-state index contributed by atoms with van der Waals surface area (Å²) in [7, 11) is 0. The minimum Gasteiger partial charge on any atom is -0.491 e. The van der Waals surface area contributed by atoms with E-state index in [9.17, 15) is 4.39 Å². The maximum Gasteiger partial charge on any atom is 0.153 e. The molecule has 0 aliphatic rings. The van der Waals surface area contributed by atoms with Gasteiger partial charge in [0.15, 0.2) is 5.75 Å². The summed E-state index contributed by atoms with van der Waals surface area (Å²) in [6.45, 7) is 2.24. The molecule has 29 heavy (non-hydrogen) atoms. The predicted molar refractivity (Wildman–Crippen MR) is 115 cm³/mol. The molecule has 0 unspecified atom stereocenters. The van der Waals surface area contributed by atoms with Crippen LogP contribution in [0, 0.1) is 5.82 Å². The Hall–Kier alpha value is -3.24. The lowest BCUT2D eigenvalue weighted by molar-refractivity contribution is 0.312. The second kappa shape index (κ2) is 9.30. The summed E-state index contributed by atoms with van der Waals surface area (Å²) in [5, 5.41) is 5.04. The van der Waals surface area contributed by atoms with Gasteiger partial charge in [0.2, 0.25) is 0 Å². The van der Waals surface area contributed by atoms with Crippen molar-refractivity contribution in [1.29, 1.82) is 0 Å². The van der Waals surface area contributed by atoms with Crippen LogP contribution in [0.2, 0.25) is 0 Å². The standard InChI is InChI=1S/C25H23FN2O/c26-22-12-13-23-21(16-22)18-28-24(20-10-5-2-6-11-20)25(23)29-15-7-14-27-17-19-8-3-1-4-9-19/h1-6,8-13,16,18,27H,7,14-15,17H2. The first-order valence-electron chi connectivity index (χ1n) is 9.82. The monoisotopic (exact) mass is 386 g/mol. The highest BCUT2D eigenvalue weighted by molar-refractivity contribution is 5.93. The lowest BCUT2D eigenvalue weighted by atomic mass is 10.1. The lowest BCUT2D eigenvalue weighted by Gasteiger charge is -2.14. The highest BCUT2D eigenvalue weighted by Crippen LogP contribution is 2.35. The summed E-state index contributed by atoms with van der Waals surface area (Å²) in [6, 6.07) is 25.0. The SMILES string of the molecule is Fc1ccc2c(OCCCNCc3ccccc3)c(-c3ccccc3)ncc2c1. The smallest absolute Gasteiger partial charge is 0.153 e. The molecule has 0 amide bonds. The van der Waals surface area contributed by atoms with Crippen LogP contribution in [0.1, 0.15) is 12.0 Å². The van der Waals surface area contributed by atoms with Crippen LogP contribution in [0.3, 0.4) is 0 Å². The minimum absolute atomic E-state index is 0.275. The first-order chi connectivity index (χ1) is 14.3. The topological polar surface area (TPSA) is 34.1 Å². The van der Waals surface area contributed by atoms with Crippen LogP contribution >= 0.6 is 0 Å². The molecule has 1 heterocycles. The Bertz CT molecular complexity index is 1070. The number of aromatic nitrogens is 1. The molecule has 0 bridgehead atoms. The average Bonchev–Trinajstić information content (AvgIpc) is 2.77. The molecule has 3 nitrogen and oxygen atoms in total. The molecule has 0 saturated heterocycles. The van der Waals surface area contributed by atoms with Gasteiger partial charge in [0.05, 0.1) is 6.61 Å². The fourth-order valence-electron chi connectivity index (χ4n) is 3.32. The van der Waals surface area contributed by atoms with E-state index in [1.165, 1.54) is 17.7 Å². The van der Waals surface area contributed by atoms with Gasteiger partial charge < -0.3 is 10.1 Å². The zero-order valence-electron chi connectivity index (χ0n) is 16.1. The summed E-state index contributed by atoms with van der Waals surface area (Å²) in [5.74, 6) is 0.430. The van der Waals surface area contributed by atoms with Crippen LogP contribution in [0.4, 0.5) is 4.39 Å². The lowest BCUT2D eigenvalue weighted by Crippen LogP contribution is -2.17. The van der Waals surface area contributed by atoms with Gasteiger partial charge in [-0.2, -0.15) is 0 Å². The van der Waals surface area contributed by atoms with E-state index in [1.54, 1.807) is 12.3 Å². The van der Waals surface area contributed by atoms with Crippen molar-refractivity contribution < 1.29 is 9.13 Å². The second-order valence-corrected chi connectivity index (χ2v) is 6.90. The molecule has 0 aliphatic carbocycles. The largest absolute Gasteiger partial charge is 0.491 e. The van der Waals surface area contributed by atoms with Gasteiger partial charge in [0.1, 0.15) is 11.5 Å². The Labute approximate surface area is 170 Å².